The molecule has 0 spiro atoms. The van der Waals surface area contributed by atoms with Crippen LogP contribution in [0.2, 0.25) is 0 Å². The number of hydrogen-bond acceptors (Lipinski definition) is 7. The van der Waals surface area contributed by atoms with Gasteiger partial charge < -0.3 is 24.8 Å². The highest BCUT2D eigenvalue weighted by molar-refractivity contribution is 5.98. The fourth-order valence-electron chi connectivity index (χ4n) is 2.86. The second kappa shape index (κ2) is 12.4. The SMILES string of the molecule is COC(=O)c1cccc(NC(=O)[C@@H](CCC(=O)OCc2ccccc2)NC(=O)OC(C)(C)C)c1. The molecule has 0 aliphatic heterocycles. The van der Waals surface area contributed by atoms with Crippen molar-refractivity contribution in [1.82, 2.24) is 5.32 Å². The van der Waals surface area contributed by atoms with Crippen molar-refractivity contribution in [2.75, 3.05) is 12.4 Å². The van der Waals surface area contributed by atoms with Crippen molar-refractivity contribution < 1.29 is 33.4 Å². The van der Waals surface area contributed by atoms with Gasteiger partial charge >= 0.3 is 18.0 Å². The van der Waals surface area contributed by atoms with Crippen LogP contribution in [0.5, 0.6) is 0 Å². The van der Waals surface area contributed by atoms with E-state index in [1.165, 1.54) is 13.2 Å². The summed E-state index contributed by atoms with van der Waals surface area (Å²) in [4.78, 5) is 49.1. The van der Waals surface area contributed by atoms with Crippen molar-refractivity contribution in [3.63, 3.8) is 0 Å². The maximum Gasteiger partial charge on any atom is 0.408 e. The zero-order valence-corrected chi connectivity index (χ0v) is 19.8. The monoisotopic (exact) mass is 470 g/mol. The third-order valence-electron chi connectivity index (χ3n) is 4.44. The molecule has 0 aliphatic carbocycles. The summed E-state index contributed by atoms with van der Waals surface area (Å²) in [5.74, 6) is -1.65. The number of ether oxygens (including phenoxy) is 3. The number of nitrogens with one attached hydrogen (secondary N) is 2. The number of hydrogen-bond donors (Lipinski definition) is 2. The Labute approximate surface area is 198 Å². The number of carbonyl (C=O) groups is 4. The van der Waals surface area contributed by atoms with Crippen molar-refractivity contribution in [3.05, 3.63) is 65.7 Å². The molecule has 2 rings (SSSR count). The lowest BCUT2D eigenvalue weighted by Gasteiger charge is -2.23. The standard InChI is InChI=1S/C25H30N2O7/c1-25(2,3)34-24(31)27-20(13-14-21(28)33-16-17-9-6-5-7-10-17)22(29)26-19-12-8-11-18(15-19)23(30)32-4/h5-12,15,20H,13-14,16H2,1-4H3,(H,26,29)(H,27,31)/t20-/m1/s1. The van der Waals surface area contributed by atoms with Gasteiger partial charge in [-0.3, -0.25) is 9.59 Å². The third-order valence-corrected chi connectivity index (χ3v) is 4.44. The van der Waals surface area contributed by atoms with Gasteiger partial charge in [0, 0.05) is 12.1 Å². The molecule has 0 saturated carbocycles. The van der Waals surface area contributed by atoms with E-state index in [2.05, 4.69) is 15.4 Å². The lowest BCUT2D eigenvalue weighted by atomic mass is 10.1. The Morgan fingerprint density at radius 2 is 1.68 bits per heavy atom. The van der Waals surface area contributed by atoms with Gasteiger partial charge in [-0.25, -0.2) is 9.59 Å². The summed E-state index contributed by atoms with van der Waals surface area (Å²) in [5.41, 5.74) is 0.647. The van der Waals surface area contributed by atoms with Gasteiger partial charge in [0.05, 0.1) is 12.7 Å². The van der Waals surface area contributed by atoms with Crippen LogP contribution in [0.25, 0.3) is 0 Å². The molecule has 0 unspecified atom stereocenters. The molecule has 0 radical (unpaired) electrons. The normalized spacial score (nSPS) is 11.6. The molecule has 2 N–H and O–H groups in total. The third kappa shape index (κ3) is 9.32. The first-order chi connectivity index (χ1) is 16.1. The fourth-order valence-corrected chi connectivity index (χ4v) is 2.86. The zero-order chi connectivity index (χ0) is 25.1. The average molecular weight is 471 g/mol. The fraction of sp³-hybridized carbons (Fsp3) is 0.360. The molecular weight excluding hydrogens is 440 g/mol. The van der Waals surface area contributed by atoms with Crippen molar-refractivity contribution in [3.8, 4) is 0 Å². The van der Waals surface area contributed by atoms with Crippen molar-refractivity contribution in [1.29, 1.82) is 0 Å². The molecule has 2 aromatic carbocycles. The topological polar surface area (TPSA) is 120 Å². The molecule has 2 amide bonds. The van der Waals surface area contributed by atoms with E-state index in [4.69, 9.17) is 9.47 Å². The molecule has 0 saturated heterocycles. The Kier molecular flexibility index (Phi) is 9.61. The second-order valence-corrected chi connectivity index (χ2v) is 8.45. The highest BCUT2D eigenvalue weighted by Gasteiger charge is 2.25. The molecule has 0 bridgehead atoms. The average Bonchev–Trinajstić information content (AvgIpc) is 2.79. The summed E-state index contributed by atoms with van der Waals surface area (Å²) in [6.07, 6.45) is -0.924. The van der Waals surface area contributed by atoms with Crippen LogP contribution in [0.15, 0.2) is 54.6 Å². The Balaban J connectivity index is 2.04. The van der Waals surface area contributed by atoms with E-state index in [1.807, 2.05) is 30.3 Å². The lowest BCUT2D eigenvalue weighted by Crippen LogP contribution is -2.46. The van der Waals surface area contributed by atoms with Crippen molar-refractivity contribution in [2.24, 2.45) is 0 Å². The van der Waals surface area contributed by atoms with E-state index in [9.17, 15) is 19.2 Å². The van der Waals surface area contributed by atoms with Gasteiger partial charge in [-0.2, -0.15) is 0 Å². The van der Waals surface area contributed by atoms with E-state index in [0.717, 1.165) is 5.56 Å². The molecule has 0 aliphatic rings. The minimum atomic E-state index is -1.08. The second-order valence-electron chi connectivity index (χ2n) is 8.45. The van der Waals surface area contributed by atoms with Gasteiger partial charge in [-0.15, -0.1) is 0 Å². The molecule has 0 heterocycles. The molecule has 9 nitrogen and oxygen atoms in total. The van der Waals surface area contributed by atoms with Crippen molar-refractivity contribution in [2.45, 2.75) is 51.9 Å². The summed E-state index contributed by atoms with van der Waals surface area (Å²) in [7, 11) is 1.26. The summed E-state index contributed by atoms with van der Waals surface area (Å²) < 4.78 is 15.2. The maximum atomic E-state index is 12.9. The molecule has 1 atom stereocenters. The van der Waals surface area contributed by atoms with E-state index in [-0.39, 0.29) is 25.0 Å². The smallest absolute Gasteiger partial charge is 0.408 e. The number of carbonyl (C=O) groups excluding carboxylic acids is 4. The predicted molar refractivity (Wildman–Crippen MR) is 125 cm³/mol. The molecule has 0 aromatic heterocycles. The van der Waals surface area contributed by atoms with Crippen LogP contribution in [0.3, 0.4) is 0 Å². The molecule has 0 fully saturated rings. The lowest BCUT2D eigenvalue weighted by molar-refractivity contribution is -0.145. The van der Waals surface area contributed by atoms with Gasteiger partial charge in [0.2, 0.25) is 5.91 Å². The Bertz CT molecular complexity index is 1000. The molecule has 182 valence electrons. The van der Waals surface area contributed by atoms with Crippen LogP contribution >= 0.6 is 0 Å². The first-order valence-corrected chi connectivity index (χ1v) is 10.8. The number of rotatable bonds is 9. The van der Waals surface area contributed by atoms with Crippen LogP contribution < -0.4 is 10.6 Å². The summed E-state index contributed by atoms with van der Waals surface area (Å²) >= 11 is 0. The summed E-state index contributed by atoms with van der Waals surface area (Å²) in [6.45, 7) is 5.19. The van der Waals surface area contributed by atoms with E-state index in [0.29, 0.717) is 5.69 Å². The highest BCUT2D eigenvalue weighted by Crippen LogP contribution is 2.14. The van der Waals surface area contributed by atoms with Gasteiger partial charge in [0.1, 0.15) is 18.2 Å². The zero-order valence-electron chi connectivity index (χ0n) is 19.8. The van der Waals surface area contributed by atoms with Crippen LogP contribution in [0, 0.1) is 0 Å². The van der Waals surface area contributed by atoms with Gasteiger partial charge in [-0.05, 0) is 51.0 Å². The Hall–Kier alpha value is -3.88. The molecule has 9 heteroatoms. The van der Waals surface area contributed by atoms with Crippen LogP contribution in [-0.4, -0.2) is 42.7 Å². The number of esters is 2. The van der Waals surface area contributed by atoms with Gasteiger partial charge in [0.15, 0.2) is 0 Å². The predicted octanol–water partition coefficient (Wildman–Crippen LogP) is 3.83. The maximum absolute atomic E-state index is 12.9. The summed E-state index contributed by atoms with van der Waals surface area (Å²) in [5, 5.41) is 5.14. The van der Waals surface area contributed by atoms with E-state index < -0.39 is 35.6 Å². The van der Waals surface area contributed by atoms with E-state index in [1.54, 1.807) is 39.0 Å². The minimum absolute atomic E-state index is 0.0185. The number of amides is 2. The number of alkyl carbamates (subject to hydrolysis) is 1. The largest absolute Gasteiger partial charge is 0.465 e. The summed E-state index contributed by atoms with van der Waals surface area (Å²) in [6, 6.07) is 14.3. The van der Waals surface area contributed by atoms with Crippen LogP contribution in [0.4, 0.5) is 10.5 Å². The van der Waals surface area contributed by atoms with Crippen LogP contribution in [0.1, 0.15) is 49.5 Å². The Morgan fingerprint density at radius 1 is 0.971 bits per heavy atom. The van der Waals surface area contributed by atoms with Gasteiger partial charge in [-0.1, -0.05) is 36.4 Å². The minimum Gasteiger partial charge on any atom is -0.465 e. The molecular formula is C25H30N2O7. The first kappa shape index (κ1) is 26.4. The van der Waals surface area contributed by atoms with Crippen molar-refractivity contribution >= 4 is 29.6 Å². The highest BCUT2D eigenvalue weighted by atomic mass is 16.6. The van der Waals surface area contributed by atoms with Crippen LogP contribution in [-0.2, 0) is 30.4 Å². The molecule has 2 aromatic rings. The quantitative estimate of drug-likeness (QED) is 0.422. The molecule has 34 heavy (non-hydrogen) atoms. The number of anilines is 1. The number of benzene rings is 2. The Morgan fingerprint density at radius 3 is 2.32 bits per heavy atom. The van der Waals surface area contributed by atoms with E-state index >= 15 is 0 Å². The first-order valence-electron chi connectivity index (χ1n) is 10.8. The van der Waals surface area contributed by atoms with Gasteiger partial charge in [0.25, 0.3) is 0 Å². The number of methoxy groups -OCH3 is 1.